The van der Waals surface area contributed by atoms with E-state index in [1.807, 2.05) is 30.3 Å². The lowest BCUT2D eigenvalue weighted by atomic mass is 10.2. The smallest absolute Gasteiger partial charge is 0.273 e. The molecule has 0 saturated carbocycles. The number of amides is 2. The summed E-state index contributed by atoms with van der Waals surface area (Å²) in [6, 6.07) is 14.6. The number of benzene rings is 1. The fraction of sp³-hybridized carbons (Fsp3) is 0.211. The Morgan fingerprint density at radius 2 is 1.85 bits per heavy atom. The molecular formula is C19H18N6O2. The van der Waals surface area contributed by atoms with Gasteiger partial charge in [0, 0.05) is 25.3 Å². The molecule has 1 fully saturated rings. The highest BCUT2D eigenvalue weighted by atomic mass is 16.2. The normalized spacial score (nSPS) is 16.3. The van der Waals surface area contributed by atoms with Gasteiger partial charge in [0.25, 0.3) is 11.8 Å². The molecular weight excluding hydrogens is 344 g/mol. The number of carbonyl (C=O) groups excluding carboxylic acids is 2. The number of likely N-dealkylation sites (tertiary alicyclic amines) is 1. The van der Waals surface area contributed by atoms with E-state index in [1.54, 1.807) is 40.2 Å². The van der Waals surface area contributed by atoms with Crippen LogP contribution in [-0.2, 0) is 0 Å². The molecule has 2 amide bonds. The van der Waals surface area contributed by atoms with Crippen molar-refractivity contribution in [2.75, 3.05) is 13.1 Å². The minimum absolute atomic E-state index is 0.118. The first kappa shape index (κ1) is 16.9. The van der Waals surface area contributed by atoms with E-state index in [9.17, 15) is 9.59 Å². The summed E-state index contributed by atoms with van der Waals surface area (Å²) in [6.07, 6.45) is 3.88. The largest absolute Gasteiger partial charge is 0.346 e. The standard InChI is InChI=1S/C19H18N6O2/c26-18(17-13-25(23-22-17)15-6-2-1-3-7-15)21-14-9-11-24(12-14)19(27)16-8-4-5-10-20-16/h1-8,10,13-14H,9,11-12H2,(H,21,26)/t14-/m0/s1. The lowest BCUT2D eigenvalue weighted by molar-refractivity contribution is 0.0777. The van der Waals surface area contributed by atoms with Crippen LogP contribution in [0.5, 0.6) is 0 Å². The fourth-order valence-electron chi connectivity index (χ4n) is 3.05. The van der Waals surface area contributed by atoms with Gasteiger partial charge in [-0.3, -0.25) is 14.6 Å². The van der Waals surface area contributed by atoms with Crippen LogP contribution in [0, 0.1) is 0 Å². The van der Waals surface area contributed by atoms with Gasteiger partial charge >= 0.3 is 0 Å². The maximum Gasteiger partial charge on any atom is 0.273 e. The van der Waals surface area contributed by atoms with Crippen molar-refractivity contribution in [1.29, 1.82) is 0 Å². The van der Waals surface area contributed by atoms with Crippen LogP contribution in [-0.4, -0.2) is 55.8 Å². The Labute approximate surface area is 155 Å². The molecule has 4 rings (SSSR count). The zero-order valence-corrected chi connectivity index (χ0v) is 14.5. The SMILES string of the molecule is O=C(N[C@H]1CCN(C(=O)c2ccccn2)C1)c1cn(-c2ccccc2)nn1. The highest BCUT2D eigenvalue weighted by Gasteiger charge is 2.29. The van der Waals surface area contributed by atoms with E-state index in [4.69, 9.17) is 0 Å². The molecule has 0 aliphatic carbocycles. The zero-order valence-electron chi connectivity index (χ0n) is 14.5. The van der Waals surface area contributed by atoms with E-state index >= 15 is 0 Å². The van der Waals surface area contributed by atoms with Crippen molar-refractivity contribution in [3.8, 4) is 5.69 Å². The predicted molar refractivity (Wildman–Crippen MR) is 97.4 cm³/mol. The van der Waals surface area contributed by atoms with E-state index in [2.05, 4.69) is 20.6 Å². The molecule has 0 spiro atoms. The minimum atomic E-state index is -0.297. The Hall–Kier alpha value is -3.55. The summed E-state index contributed by atoms with van der Waals surface area (Å²) in [6.45, 7) is 1.03. The first-order valence-electron chi connectivity index (χ1n) is 8.69. The van der Waals surface area contributed by atoms with Gasteiger partial charge in [0.1, 0.15) is 5.69 Å². The summed E-state index contributed by atoms with van der Waals surface area (Å²) < 4.78 is 1.56. The first-order valence-corrected chi connectivity index (χ1v) is 8.69. The van der Waals surface area contributed by atoms with Gasteiger partial charge in [-0.1, -0.05) is 29.5 Å². The van der Waals surface area contributed by atoms with Gasteiger partial charge in [0.05, 0.1) is 11.9 Å². The van der Waals surface area contributed by atoms with Crippen LogP contribution in [0.15, 0.2) is 60.9 Å². The predicted octanol–water partition coefficient (Wildman–Crippen LogP) is 1.31. The number of para-hydroxylation sites is 1. The number of pyridine rings is 1. The fourth-order valence-corrected chi connectivity index (χ4v) is 3.05. The van der Waals surface area contributed by atoms with E-state index in [0.717, 1.165) is 5.69 Å². The average molecular weight is 362 g/mol. The Balaban J connectivity index is 1.37. The molecule has 1 aliphatic rings. The zero-order chi connectivity index (χ0) is 18.6. The number of carbonyl (C=O) groups is 2. The molecule has 136 valence electrons. The van der Waals surface area contributed by atoms with Crippen LogP contribution >= 0.6 is 0 Å². The third-order valence-corrected chi connectivity index (χ3v) is 4.44. The molecule has 0 bridgehead atoms. The summed E-state index contributed by atoms with van der Waals surface area (Å²) in [5, 5.41) is 10.9. The topological polar surface area (TPSA) is 93.0 Å². The second-order valence-corrected chi connectivity index (χ2v) is 6.31. The summed E-state index contributed by atoms with van der Waals surface area (Å²) in [4.78, 5) is 30.7. The van der Waals surface area contributed by atoms with E-state index < -0.39 is 0 Å². The highest BCUT2D eigenvalue weighted by molar-refractivity contribution is 5.93. The highest BCUT2D eigenvalue weighted by Crippen LogP contribution is 2.13. The van der Waals surface area contributed by atoms with Crippen LogP contribution in [0.1, 0.15) is 27.4 Å². The number of nitrogens with one attached hydrogen (secondary N) is 1. The Bertz CT molecular complexity index is 941. The summed E-state index contributed by atoms with van der Waals surface area (Å²) in [5.74, 6) is -0.420. The Kier molecular flexibility index (Phi) is 4.61. The molecule has 0 unspecified atom stereocenters. The maximum atomic E-state index is 12.4. The number of hydrogen-bond acceptors (Lipinski definition) is 5. The lowest BCUT2D eigenvalue weighted by Gasteiger charge is -2.16. The number of rotatable bonds is 4. The summed E-state index contributed by atoms with van der Waals surface area (Å²) in [5.41, 5.74) is 1.49. The first-order chi connectivity index (χ1) is 13.2. The van der Waals surface area contributed by atoms with Gasteiger partial charge < -0.3 is 10.2 Å². The summed E-state index contributed by atoms with van der Waals surface area (Å²) >= 11 is 0. The van der Waals surface area contributed by atoms with Gasteiger partial charge in [-0.2, -0.15) is 0 Å². The molecule has 1 aromatic carbocycles. The molecule has 1 saturated heterocycles. The monoisotopic (exact) mass is 362 g/mol. The summed E-state index contributed by atoms with van der Waals surface area (Å²) in [7, 11) is 0. The van der Waals surface area contributed by atoms with Crippen LogP contribution in [0.4, 0.5) is 0 Å². The molecule has 8 nitrogen and oxygen atoms in total. The van der Waals surface area contributed by atoms with Gasteiger partial charge in [-0.05, 0) is 30.7 Å². The third-order valence-electron chi connectivity index (χ3n) is 4.44. The van der Waals surface area contributed by atoms with Gasteiger partial charge in [0.2, 0.25) is 0 Å². The molecule has 2 aromatic heterocycles. The maximum absolute atomic E-state index is 12.4. The van der Waals surface area contributed by atoms with Crippen molar-refractivity contribution >= 4 is 11.8 Å². The molecule has 1 aliphatic heterocycles. The molecule has 1 atom stereocenters. The number of hydrogen-bond donors (Lipinski definition) is 1. The van der Waals surface area contributed by atoms with Crippen LogP contribution in [0.3, 0.4) is 0 Å². The Morgan fingerprint density at radius 3 is 2.63 bits per heavy atom. The Morgan fingerprint density at radius 1 is 1.04 bits per heavy atom. The lowest BCUT2D eigenvalue weighted by Crippen LogP contribution is -2.38. The molecule has 27 heavy (non-hydrogen) atoms. The van der Waals surface area contributed by atoms with E-state index in [-0.39, 0.29) is 23.6 Å². The molecule has 3 heterocycles. The van der Waals surface area contributed by atoms with Crippen molar-refractivity contribution in [2.24, 2.45) is 0 Å². The molecule has 1 N–H and O–H groups in total. The van der Waals surface area contributed by atoms with Gasteiger partial charge in [-0.25, -0.2) is 4.68 Å². The van der Waals surface area contributed by atoms with E-state index in [0.29, 0.717) is 25.2 Å². The van der Waals surface area contributed by atoms with Gasteiger partial charge in [0.15, 0.2) is 5.69 Å². The van der Waals surface area contributed by atoms with Crippen molar-refractivity contribution in [2.45, 2.75) is 12.5 Å². The van der Waals surface area contributed by atoms with Crippen molar-refractivity contribution in [3.05, 3.63) is 72.3 Å². The average Bonchev–Trinajstić information content (AvgIpc) is 3.39. The van der Waals surface area contributed by atoms with E-state index in [1.165, 1.54) is 0 Å². The van der Waals surface area contributed by atoms with Gasteiger partial charge in [-0.15, -0.1) is 5.10 Å². The number of aromatic nitrogens is 4. The van der Waals surface area contributed by atoms with Crippen LogP contribution in [0.2, 0.25) is 0 Å². The van der Waals surface area contributed by atoms with Crippen LogP contribution < -0.4 is 5.32 Å². The van der Waals surface area contributed by atoms with Crippen molar-refractivity contribution < 1.29 is 9.59 Å². The van der Waals surface area contributed by atoms with Crippen molar-refractivity contribution in [3.63, 3.8) is 0 Å². The van der Waals surface area contributed by atoms with Crippen LogP contribution in [0.25, 0.3) is 5.69 Å². The minimum Gasteiger partial charge on any atom is -0.346 e. The molecule has 3 aromatic rings. The second-order valence-electron chi connectivity index (χ2n) is 6.31. The second kappa shape index (κ2) is 7.36. The number of nitrogens with zero attached hydrogens (tertiary/aromatic N) is 5. The molecule has 0 radical (unpaired) electrons. The van der Waals surface area contributed by atoms with Crippen molar-refractivity contribution in [1.82, 2.24) is 30.2 Å². The third kappa shape index (κ3) is 3.69. The quantitative estimate of drug-likeness (QED) is 0.755. The molecule has 8 heteroatoms.